The molecule has 73 heavy (non-hydrogen) atoms. The van der Waals surface area contributed by atoms with Crippen molar-refractivity contribution >= 4 is 0 Å². The molecule has 0 atom stereocenters. The van der Waals surface area contributed by atoms with Crippen LogP contribution in [0.25, 0.3) is 102 Å². The van der Waals surface area contributed by atoms with Gasteiger partial charge >= 0.3 is 0 Å². The molecule has 0 radical (unpaired) electrons. The van der Waals surface area contributed by atoms with Gasteiger partial charge in [0.05, 0.1) is 5.41 Å². The van der Waals surface area contributed by atoms with Gasteiger partial charge < -0.3 is 0 Å². The molecule has 0 saturated heterocycles. The molecule has 0 saturated carbocycles. The van der Waals surface area contributed by atoms with E-state index in [-0.39, 0.29) is 0 Å². The Labute approximate surface area is 424 Å². The van der Waals surface area contributed by atoms with Gasteiger partial charge in [0, 0.05) is 33.4 Å². The lowest BCUT2D eigenvalue weighted by Crippen LogP contribution is -2.28. The number of nitrogens with zero attached hydrogens (tertiary/aromatic N) is 6. The van der Waals surface area contributed by atoms with Crippen LogP contribution in [-0.2, 0) is 5.41 Å². The Morgan fingerprint density at radius 2 is 0.411 bits per heavy atom. The molecule has 13 rings (SSSR count). The zero-order valence-electron chi connectivity index (χ0n) is 39.6. The molecule has 0 aliphatic heterocycles. The van der Waals surface area contributed by atoms with E-state index in [1.165, 1.54) is 33.4 Å². The monoisotopic (exact) mass is 932 g/mol. The lowest BCUT2D eigenvalue weighted by Gasteiger charge is -2.34. The van der Waals surface area contributed by atoms with Crippen LogP contribution in [0.3, 0.4) is 0 Å². The van der Waals surface area contributed by atoms with E-state index in [0.717, 1.165) is 55.6 Å². The molecule has 1 aliphatic rings. The van der Waals surface area contributed by atoms with Gasteiger partial charge in [-0.2, -0.15) is 0 Å². The van der Waals surface area contributed by atoms with Crippen LogP contribution in [0.4, 0.5) is 0 Å². The molecule has 0 amide bonds. The zero-order chi connectivity index (χ0) is 48.6. The standard InChI is InChI=1S/C67H44N6/c1-7-19-47(20-8-1)61-68-62(48-21-9-2-10-22-48)71-65(70-61)51-35-31-45(32-36-51)53-39-41-59-57(43-53)58-44-54(40-42-60(58)67(59,55-27-15-5-16-28-55)56-29-17-6-18-30-56)46-33-37-52(38-34-46)66-72-63(49-23-11-3-12-24-49)69-64(73-66)50-25-13-4-14-26-50/h1-44H. The smallest absolute Gasteiger partial charge is 0.164 e. The maximum Gasteiger partial charge on any atom is 0.164 e. The summed E-state index contributed by atoms with van der Waals surface area (Å²) in [7, 11) is 0. The van der Waals surface area contributed by atoms with Gasteiger partial charge in [0.25, 0.3) is 0 Å². The summed E-state index contributed by atoms with van der Waals surface area (Å²) in [5.41, 5.74) is 16.8. The Morgan fingerprint density at radius 1 is 0.192 bits per heavy atom. The second-order valence-corrected chi connectivity index (χ2v) is 18.2. The van der Waals surface area contributed by atoms with Gasteiger partial charge in [-0.25, -0.2) is 29.9 Å². The zero-order valence-corrected chi connectivity index (χ0v) is 39.6. The number of hydrogen-bond donors (Lipinski definition) is 0. The van der Waals surface area contributed by atoms with E-state index in [2.05, 4.69) is 146 Å². The summed E-state index contributed by atoms with van der Waals surface area (Å²) < 4.78 is 0. The highest BCUT2D eigenvalue weighted by Gasteiger charge is 2.46. The van der Waals surface area contributed by atoms with Crippen molar-refractivity contribution in [3.05, 3.63) is 289 Å². The number of rotatable bonds is 10. The number of aromatic nitrogens is 6. The molecule has 1 aliphatic carbocycles. The third-order valence-electron chi connectivity index (χ3n) is 13.9. The Balaban J connectivity index is 0.908. The predicted molar refractivity (Wildman–Crippen MR) is 294 cm³/mol. The molecule has 2 aromatic heterocycles. The summed E-state index contributed by atoms with van der Waals surface area (Å²) in [6.07, 6.45) is 0. The quantitative estimate of drug-likeness (QED) is 0.136. The minimum atomic E-state index is -0.546. The molecule has 12 aromatic rings. The van der Waals surface area contributed by atoms with Crippen LogP contribution in [0.5, 0.6) is 0 Å². The van der Waals surface area contributed by atoms with Crippen LogP contribution in [0.2, 0.25) is 0 Å². The highest BCUT2D eigenvalue weighted by molar-refractivity contribution is 5.91. The Hall–Kier alpha value is -9.78. The first kappa shape index (κ1) is 43.3. The average molecular weight is 933 g/mol. The number of fused-ring (bicyclic) bond motifs is 3. The predicted octanol–water partition coefficient (Wildman–Crippen LogP) is 15.8. The highest BCUT2D eigenvalue weighted by atomic mass is 15.0. The molecule has 0 bridgehead atoms. The van der Waals surface area contributed by atoms with Gasteiger partial charge in [-0.05, 0) is 67.8 Å². The maximum atomic E-state index is 5.00. The van der Waals surface area contributed by atoms with Gasteiger partial charge in [0.1, 0.15) is 0 Å². The second kappa shape index (κ2) is 18.5. The molecule has 2 heterocycles. The Bertz CT molecular complexity index is 3530. The SMILES string of the molecule is c1ccc(-c2nc(-c3ccccc3)nc(-c3ccc(-c4ccc5c(c4)-c4cc(-c6ccc(-c7nc(-c8ccccc8)nc(-c8ccccc8)n7)cc6)ccc4C5(c4ccccc4)c4ccccc4)cc3)n2)cc1. The van der Waals surface area contributed by atoms with Crippen molar-refractivity contribution in [2.75, 3.05) is 0 Å². The number of benzene rings is 10. The van der Waals surface area contributed by atoms with Gasteiger partial charge in [0.15, 0.2) is 34.9 Å². The van der Waals surface area contributed by atoms with Crippen LogP contribution >= 0.6 is 0 Å². The van der Waals surface area contributed by atoms with E-state index in [1.807, 2.05) is 121 Å². The first-order valence-electron chi connectivity index (χ1n) is 24.5. The first-order chi connectivity index (χ1) is 36.2. The highest BCUT2D eigenvalue weighted by Crippen LogP contribution is 2.57. The van der Waals surface area contributed by atoms with Crippen molar-refractivity contribution in [3.63, 3.8) is 0 Å². The summed E-state index contributed by atoms with van der Waals surface area (Å²) >= 11 is 0. The van der Waals surface area contributed by atoms with Crippen molar-refractivity contribution < 1.29 is 0 Å². The van der Waals surface area contributed by atoms with E-state index in [4.69, 9.17) is 29.9 Å². The lowest BCUT2D eigenvalue weighted by atomic mass is 9.67. The molecular formula is C67H44N6. The van der Waals surface area contributed by atoms with E-state index in [1.54, 1.807) is 0 Å². The summed E-state index contributed by atoms with van der Waals surface area (Å²) in [4.78, 5) is 29.8. The first-order valence-corrected chi connectivity index (χ1v) is 24.5. The van der Waals surface area contributed by atoms with Crippen molar-refractivity contribution in [3.8, 4) is 102 Å². The topological polar surface area (TPSA) is 77.3 Å². The fraction of sp³-hybridized carbons (Fsp3) is 0.0149. The summed E-state index contributed by atoms with van der Waals surface area (Å²) in [5, 5.41) is 0. The van der Waals surface area contributed by atoms with Crippen molar-refractivity contribution in [1.29, 1.82) is 0 Å². The van der Waals surface area contributed by atoms with E-state index >= 15 is 0 Å². The normalized spacial score (nSPS) is 12.2. The molecule has 342 valence electrons. The maximum absolute atomic E-state index is 5.00. The fourth-order valence-corrected chi connectivity index (χ4v) is 10.4. The van der Waals surface area contributed by atoms with E-state index < -0.39 is 5.41 Å². The van der Waals surface area contributed by atoms with E-state index in [0.29, 0.717) is 34.9 Å². The molecule has 0 N–H and O–H groups in total. The van der Waals surface area contributed by atoms with Gasteiger partial charge in [0.2, 0.25) is 0 Å². The van der Waals surface area contributed by atoms with Crippen molar-refractivity contribution in [2.45, 2.75) is 5.41 Å². The minimum Gasteiger partial charge on any atom is -0.208 e. The van der Waals surface area contributed by atoms with Crippen LogP contribution in [-0.4, -0.2) is 29.9 Å². The van der Waals surface area contributed by atoms with Gasteiger partial charge in [-0.15, -0.1) is 0 Å². The van der Waals surface area contributed by atoms with Crippen LogP contribution in [0.1, 0.15) is 22.3 Å². The molecule has 6 nitrogen and oxygen atoms in total. The molecule has 0 fully saturated rings. The lowest BCUT2D eigenvalue weighted by molar-refractivity contribution is 0.768. The molecule has 6 heteroatoms. The van der Waals surface area contributed by atoms with Gasteiger partial charge in [-0.1, -0.05) is 255 Å². The van der Waals surface area contributed by atoms with Crippen LogP contribution < -0.4 is 0 Å². The average Bonchev–Trinajstić information content (AvgIpc) is 3.79. The Kier molecular flexibility index (Phi) is 11.0. The van der Waals surface area contributed by atoms with E-state index in [9.17, 15) is 0 Å². The molecular weight excluding hydrogens is 889 g/mol. The molecule has 0 unspecified atom stereocenters. The summed E-state index contributed by atoms with van der Waals surface area (Å²) in [6.45, 7) is 0. The number of hydrogen-bond acceptors (Lipinski definition) is 6. The Morgan fingerprint density at radius 3 is 0.685 bits per heavy atom. The second-order valence-electron chi connectivity index (χ2n) is 18.2. The fourth-order valence-electron chi connectivity index (χ4n) is 10.4. The van der Waals surface area contributed by atoms with Crippen LogP contribution in [0, 0.1) is 0 Å². The minimum absolute atomic E-state index is 0.546. The van der Waals surface area contributed by atoms with Crippen molar-refractivity contribution in [2.24, 2.45) is 0 Å². The van der Waals surface area contributed by atoms with Crippen LogP contribution in [0.15, 0.2) is 267 Å². The molecule has 0 spiro atoms. The largest absolute Gasteiger partial charge is 0.208 e. The van der Waals surface area contributed by atoms with Crippen molar-refractivity contribution in [1.82, 2.24) is 29.9 Å². The summed E-state index contributed by atoms with van der Waals surface area (Å²) in [6, 6.07) is 93.5. The molecule has 10 aromatic carbocycles. The summed E-state index contributed by atoms with van der Waals surface area (Å²) in [5.74, 6) is 3.80. The third kappa shape index (κ3) is 7.97. The third-order valence-corrected chi connectivity index (χ3v) is 13.9. The van der Waals surface area contributed by atoms with Gasteiger partial charge in [-0.3, -0.25) is 0 Å².